The molecular formula is C13H13FOS2. The number of halogens is 1. The number of thioether (sulfide) groups is 1. The van der Waals surface area contributed by atoms with Crippen molar-refractivity contribution >= 4 is 23.1 Å². The molecule has 0 radical (unpaired) electrons. The van der Waals surface area contributed by atoms with Gasteiger partial charge in [0.1, 0.15) is 5.82 Å². The van der Waals surface area contributed by atoms with E-state index in [2.05, 4.69) is 0 Å². The minimum absolute atomic E-state index is 0.240. The minimum Gasteiger partial charge on any atom is -0.387 e. The summed E-state index contributed by atoms with van der Waals surface area (Å²) in [5.41, 5.74) is 0.971. The molecule has 17 heavy (non-hydrogen) atoms. The van der Waals surface area contributed by atoms with Gasteiger partial charge >= 0.3 is 0 Å². The number of thiophene rings is 1. The van der Waals surface area contributed by atoms with Gasteiger partial charge in [0.15, 0.2) is 0 Å². The summed E-state index contributed by atoms with van der Waals surface area (Å²) in [6.45, 7) is 2.00. The van der Waals surface area contributed by atoms with Crippen LogP contribution in [0, 0.1) is 12.7 Å². The molecule has 0 aliphatic heterocycles. The largest absolute Gasteiger partial charge is 0.387 e. The number of benzene rings is 1. The Morgan fingerprint density at radius 2 is 2.24 bits per heavy atom. The van der Waals surface area contributed by atoms with Gasteiger partial charge in [-0.1, -0.05) is 6.07 Å². The van der Waals surface area contributed by atoms with Gasteiger partial charge < -0.3 is 5.11 Å². The van der Waals surface area contributed by atoms with Gasteiger partial charge in [-0.25, -0.2) is 4.39 Å². The lowest BCUT2D eigenvalue weighted by Crippen LogP contribution is -2.00. The summed E-state index contributed by atoms with van der Waals surface area (Å²) >= 11 is 3.09. The Balaban J connectivity index is 1.97. The van der Waals surface area contributed by atoms with Gasteiger partial charge in [0, 0.05) is 15.5 Å². The minimum atomic E-state index is -0.491. The molecule has 0 saturated carbocycles. The monoisotopic (exact) mass is 268 g/mol. The van der Waals surface area contributed by atoms with Crippen molar-refractivity contribution < 1.29 is 9.50 Å². The van der Waals surface area contributed by atoms with Crippen LogP contribution in [-0.2, 0) is 0 Å². The maximum atomic E-state index is 13.0. The third-order valence-electron chi connectivity index (χ3n) is 2.46. The molecule has 0 aliphatic carbocycles. The van der Waals surface area contributed by atoms with Crippen molar-refractivity contribution in [1.82, 2.24) is 0 Å². The van der Waals surface area contributed by atoms with Crippen LogP contribution in [0.4, 0.5) is 4.39 Å². The van der Waals surface area contributed by atoms with E-state index in [0.29, 0.717) is 5.75 Å². The second-order valence-electron chi connectivity index (χ2n) is 3.72. The number of hydrogen-bond acceptors (Lipinski definition) is 3. The standard InChI is InChI=1S/C13H13FOS2/c1-9-12(5-6-16-9)13(15)8-17-11-4-2-3-10(14)7-11/h2-7,13,15H,8H2,1H3. The van der Waals surface area contributed by atoms with Crippen LogP contribution in [0.3, 0.4) is 0 Å². The Morgan fingerprint density at radius 1 is 1.41 bits per heavy atom. The van der Waals surface area contributed by atoms with E-state index in [-0.39, 0.29) is 5.82 Å². The molecule has 0 aliphatic rings. The van der Waals surface area contributed by atoms with E-state index in [1.54, 1.807) is 17.4 Å². The van der Waals surface area contributed by atoms with E-state index in [1.165, 1.54) is 23.9 Å². The summed E-state index contributed by atoms with van der Waals surface area (Å²) in [7, 11) is 0. The second kappa shape index (κ2) is 5.67. The maximum absolute atomic E-state index is 13.0. The predicted molar refractivity (Wildman–Crippen MR) is 71.1 cm³/mol. The number of aryl methyl sites for hydroxylation is 1. The van der Waals surface area contributed by atoms with Gasteiger partial charge in [-0.15, -0.1) is 23.1 Å². The van der Waals surface area contributed by atoms with Crippen molar-refractivity contribution in [3.05, 3.63) is 52.0 Å². The van der Waals surface area contributed by atoms with Crippen LogP contribution in [0.15, 0.2) is 40.6 Å². The Bertz CT molecular complexity index is 496. The van der Waals surface area contributed by atoms with Gasteiger partial charge in [0.2, 0.25) is 0 Å². The summed E-state index contributed by atoms with van der Waals surface area (Å²) in [5, 5.41) is 12.0. The van der Waals surface area contributed by atoms with Crippen molar-refractivity contribution in [2.75, 3.05) is 5.75 Å². The first kappa shape index (κ1) is 12.6. The second-order valence-corrected chi connectivity index (χ2v) is 5.93. The van der Waals surface area contributed by atoms with Gasteiger partial charge in [-0.3, -0.25) is 0 Å². The van der Waals surface area contributed by atoms with E-state index in [1.807, 2.05) is 24.4 Å². The molecule has 1 heterocycles. The number of hydrogen-bond donors (Lipinski definition) is 1. The molecule has 90 valence electrons. The maximum Gasteiger partial charge on any atom is 0.124 e. The zero-order chi connectivity index (χ0) is 12.3. The summed E-state index contributed by atoms with van der Waals surface area (Å²) in [6, 6.07) is 8.37. The zero-order valence-electron chi connectivity index (χ0n) is 9.39. The van der Waals surface area contributed by atoms with Gasteiger partial charge in [0.05, 0.1) is 6.10 Å². The SMILES string of the molecule is Cc1sccc1C(O)CSc1cccc(F)c1. The van der Waals surface area contributed by atoms with Crippen LogP contribution in [0.5, 0.6) is 0 Å². The lowest BCUT2D eigenvalue weighted by molar-refractivity contribution is 0.204. The van der Waals surface area contributed by atoms with E-state index in [9.17, 15) is 9.50 Å². The van der Waals surface area contributed by atoms with Crippen LogP contribution in [-0.4, -0.2) is 10.9 Å². The first-order valence-electron chi connectivity index (χ1n) is 5.27. The summed E-state index contributed by atoms with van der Waals surface area (Å²) in [4.78, 5) is 1.98. The fourth-order valence-corrected chi connectivity index (χ4v) is 3.22. The normalized spacial score (nSPS) is 12.6. The molecule has 0 bridgehead atoms. The quantitative estimate of drug-likeness (QED) is 0.845. The van der Waals surface area contributed by atoms with Crippen molar-refractivity contribution in [1.29, 1.82) is 0 Å². The summed E-state index contributed by atoms with van der Waals surface area (Å²) in [6.07, 6.45) is -0.491. The van der Waals surface area contributed by atoms with E-state index in [0.717, 1.165) is 15.3 Å². The Kier molecular flexibility index (Phi) is 4.20. The predicted octanol–water partition coefficient (Wildman–Crippen LogP) is 4.02. The third-order valence-corrected chi connectivity index (χ3v) is 4.39. The first-order valence-corrected chi connectivity index (χ1v) is 7.14. The number of aliphatic hydroxyl groups excluding tert-OH is 1. The van der Waals surface area contributed by atoms with Crippen LogP contribution in [0.25, 0.3) is 0 Å². The molecular weight excluding hydrogens is 255 g/mol. The highest BCUT2D eigenvalue weighted by Crippen LogP contribution is 2.28. The molecule has 1 aromatic heterocycles. The van der Waals surface area contributed by atoms with Gasteiger partial charge in [-0.2, -0.15) is 0 Å². The molecule has 1 aromatic carbocycles. The van der Waals surface area contributed by atoms with Gasteiger partial charge in [0.25, 0.3) is 0 Å². The van der Waals surface area contributed by atoms with E-state index in [4.69, 9.17) is 0 Å². The lowest BCUT2D eigenvalue weighted by atomic mass is 10.2. The van der Waals surface area contributed by atoms with Gasteiger partial charge in [-0.05, 0) is 42.1 Å². The molecule has 1 nitrogen and oxygen atoms in total. The highest BCUT2D eigenvalue weighted by molar-refractivity contribution is 7.99. The number of rotatable bonds is 4. The van der Waals surface area contributed by atoms with Crippen LogP contribution in [0.2, 0.25) is 0 Å². The molecule has 0 fully saturated rings. The smallest absolute Gasteiger partial charge is 0.124 e. The van der Waals surface area contributed by atoms with Crippen LogP contribution >= 0.6 is 23.1 Å². The van der Waals surface area contributed by atoms with Crippen molar-refractivity contribution in [2.45, 2.75) is 17.9 Å². The topological polar surface area (TPSA) is 20.2 Å². The van der Waals surface area contributed by atoms with E-state index >= 15 is 0 Å². The number of aliphatic hydroxyl groups is 1. The summed E-state index contributed by atoms with van der Waals surface area (Å²) in [5.74, 6) is 0.303. The molecule has 2 aromatic rings. The molecule has 1 unspecified atom stereocenters. The molecule has 0 spiro atoms. The highest BCUT2D eigenvalue weighted by Gasteiger charge is 2.11. The fourth-order valence-electron chi connectivity index (χ4n) is 1.56. The Labute approximate surface area is 108 Å². The highest BCUT2D eigenvalue weighted by atomic mass is 32.2. The fraction of sp³-hybridized carbons (Fsp3) is 0.231. The average molecular weight is 268 g/mol. The van der Waals surface area contributed by atoms with Crippen molar-refractivity contribution in [3.8, 4) is 0 Å². The zero-order valence-corrected chi connectivity index (χ0v) is 11.0. The lowest BCUT2D eigenvalue weighted by Gasteiger charge is -2.10. The Hall–Kier alpha value is -0.840. The van der Waals surface area contributed by atoms with E-state index < -0.39 is 6.10 Å². The molecule has 1 N–H and O–H groups in total. The molecule has 0 saturated heterocycles. The average Bonchev–Trinajstić information content (AvgIpc) is 2.72. The molecule has 1 atom stereocenters. The molecule has 0 amide bonds. The van der Waals surface area contributed by atoms with Crippen molar-refractivity contribution in [3.63, 3.8) is 0 Å². The third kappa shape index (κ3) is 3.31. The molecule has 2 rings (SSSR count). The summed E-state index contributed by atoms with van der Waals surface area (Å²) < 4.78 is 13.0. The van der Waals surface area contributed by atoms with Crippen LogP contribution in [0.1, 0.15) is 16.5 Å². The molecule has 4 heteroatoms. The first-order chi connectivity index (χ1) is 8.16. The van der Waals surface area contributed by atoms with Crippen LogP contribution < -0.4 is 0 Å². The Morgan fingerprint density at radius 3 is 2.88 bits per heavy atom. The van der Waals surface area contributed by atoms with Crippen molar-refractivity contribution in [2.24, 2.45) is 0 Å².